The van der Waals surface area contributed by atoms with Gasteiger partial charge in [0.15, 0.2) is 0 Å². The normalized spacial score (nSPS) is 10.7. The minimum atomic E-state index is -0.582. The molecule has 2 aromatic rings. The highest BCUT2D eigenvalue weighted by atomic mass is 32.1. The molecule has 0 saturated carbocycles. The van der Waals surface area contributed by atoms with Gasteiger partial charge in [-0.15, -0.1) is 11.3 Å². The standard InChI is InChI=1S/C10H9NOS.C2H6.H2O/c12-9(10-11-6-7-13-10)8-4-2-1-3-5-8;1-2;/h1-7,9,12H;1-2H3;1H2. The van der Waals surface area contributed by atoms with Crippen molar-refractivity contribution in [3.8, 4) is 0 Å². The molecular formula is C12H17NO2S. The molecule has 88 valence electrons. The topological polar surface area (TPSA) is 64.6 Å². The highest BCUT2D eigenvalue weighted by Gasteiger charge is 2.11. The first-order valence-electron chi connectivity index (χ1n) is 5.00. The largest absolute Gasteiger partial charge is 0.412 e. The lowest BCUT2D eigenvalue weighted by Gasteiger charge is -2.06. The van der Waals surface area contributed by atoms with Crippen LogP contribution in [0.15, 0.2) is 41.9 Å². The third-order valence-electron chi connectivity index (χ3n) is 1.80. The molecule has 3 N–H and O–H groups in total. The van der Waals surface area contributed by atoms with Gasteiger partial charge in [0, 0.05) is 11.6 Å². The summed E-state index contributed by atoms with van der Waals surface area (Å²) in [6, 6.07) is 9.54. The number of hydrogen-bond acceptors (Lipinski definition) is 3. The van der Waals surface area contributed by atoms with Gasteiger partial charge in [-0.05, 0) is 5.56 Å². The molecule has 0 aliphatic heterocycles. The van der Waals surface area contributed by atoms with E-state index in [0.717, 1.165) is 10.6 Å². The van der Waals surface area contributed by atoms with E-state index >= 15 is 0 Å². The minimum Gasteiger partial charge on any atom is -0.412 e. The second-order valence-electron chi connectivity index (χ2n) is 2.68. The van der Waals surface area contributed by atoms with Gasteiger partial charge < -0.3 is 10.6 Å². The third kappa shape index (κ3) is 3.73. The van der Waals surface area contributed by atoms with Crippen LogP contribution >= 0.6 is 11.3 Å². The molecule has 1 atom stereocenters. The van der Waals surface area contributed by atoms with Crippen LogP contribution in [0.1, 0.15) is 30.5 Å². The average molecular weight is 239 g/mol. The first-order valence-corrected chi connectivity index (χ1v) is 5.88. The second kappa shape index (κ2) is 7.98. The van der Waals surface area contributed by atoms with E-state index in [9.17, 15) is 5.11 Å². The first kappa shape index (κ1) is 14.8. The molecule has 1 unspecified atom stereocenters. The Hall–Kier alpha value is -1.23. The zero-order valence-corrected chi connectivity index (χ0v) is 10.2. The van der Waals surface area contributed by atoms with Crippen LogP contribution in [0.4, 0.5) is 0 Å². The minimum absolute atomic E-state index is 0. The van der Waals surface area contributed by atoms with Crippen LogP contribution in [0.25, 0.3) is 0 Å². The van der Waals surface area contributed by atoms with Crippen molar-refractivity contribution >= 4 is 11.3 Å². The summed E-state index contributed by atoms with van der Waals surface area (Å²) in [5.41, 5.74) is 0.887. The van der Waals surface area contributed by atoms with E-state index in [4.69, 9.17) is 0 Å². The third-order valence-corrected chi connectivity index (χ3v) is 2.63. The summed E-state index contributed by atoms with van der Waals surface area (Å²) < 4.78 is 0. The van der Waals surface area contributed by atoms with Gasteiger partial charge >= 0.3 is 0 Å². The summed E-state index contributed by atoms with van der Waals surface area (Å²) in [4.78, 5) is 4.06. The number of aromatic nitrogens is 1. The number of aliphatic hydroxyl groups is 1. The summed E-state index contributed by atoms with van der Waals surface area (Å²) in [6.07, 6.45) is 1.12. The maximum atomic E-state index is 9.83. The Balaban J connectivity index is 0.000000711. The quantitative estimate of drug-likeness (QED) is 0.874. The number of aliphatic hydroxyl groups excluding tert-OH is 1. The molecule has 16 heavy (non-hydrogen) atoms. The highest BCUT2D eigenvalue weighted by molar-refractivity contribution is 7.09. The first-order chi connectivity index (χ1) is 7.38. The monoisotopic (exact) mass is 239 g/mol. The molecule has 1 aromatic heterocycles. The van der Waals surface area contributed by atoms with Gasteiger partial charge in [0.1, 0.15) is 11.1 Å². The molecule has 2 rings (SSSR count). The van der Waals surface area contributed by atoms with Gasteiger partial charge in [0.05, 0.1) is 0 Å². The Labute approximate surface area is 99.7 Å². The van der Waals surface area contributed by atoms with Gasteiger partial charge in [-0.25, -0.2) is 4.98 Å². The van der Waals surface area contributed by atoms with E-state index in [1.54, 1.807) is 6.20 Å². The Kier molecular flexibility index (Phi) is 7.37. The fourth-order valence-corrected chi connectivity index (χ4v) is 1.80. The molecule has 0 aliphatic rings. The van der Waals surface area contributed by atoms with E-state index < -0.39 is 6.10 Å². The number of hydrogen-bond donors (Lipinski definition) is 1. The zero-order chi connectivity index (χ0) is 11.1. The molecule has 0 saturated heterocycles. The van der Waals surface area contributed by atoms with Crippen molar-refractivity contribution in [3.05, 3.63) is 52.5 Å². The molecular weight excluding hydrogens is 222 g/mol. The van der Waals surface area contributed by atoms with E-state index in [2.05, 4.69) is 4.98 Å². The van der Waals surface area contributed by atoms with Crippen molar-refractivity contribution < 1.29 is 10.6 Å². The van der Waals surface area contributed by atoms with Gasteiger partial charge in [-0.2, -0.15) is 0 Å². The maximum Gasteiger partial charge on any atom is 0.131 e. The molecule has 0 radical (unpaired) electrons. The second-order valence-corrected chi connectivity index (χ2v) is 3.61. The summed E-state index contributed by atoms with van der Waals surface area (Å²) in [5, 5.41) is 12.4. The maximum absolute atomic E-state index is 9.83. The number of thiazole rings is 1. The summed E-state index contributed by atoms with van der Waals surface area (Å²) in [6.45, 7) is 4.00. The molecule has 0 spiro atoms. The predicted octanol–water partition coefficient (Wildman–Crippen LogP) is 2.43. The number of rotatable bonds is 2. The van der Waals surface area contributed by atoms with Gasteiger partial charge in [-0.3, -0.25) is 0 Å². The average Bonchev–Trinajstić information content (AvgIpc) is 2.85. The molecule has 0 bridgehead atoms. The van der Waals surface area contributed by atoms with E-state index in [0.29, 0.717) is 0 Å². The molecule has 0 fully saturated rings. The van der Waals surface area contributed by atoms with Crippen molar-refractivity contribution in [2.75, 3.05) is 0 Å². The summed E-state index contributed by atoms with van der Waals surface area (Å²) in [7, 11) is 0. The van der Waals surface area contributed by atoms with Crippen LogP contribution in [0.5, 0.6) is 0 Å². The van der Waals surface area contributed by atoms with Gasteiger partial charge in [0.25, 0.3) is 0 Å². The zero-order valence-electron chi connectivity index (χ0n) is 9.42. The van der Waals surface area contributed by atoms with Gasteiger partial charge in [0.2, 0.25) is 0 Å². The van der Waals surface area contributed by atoms with Crippen molar-refractivity contribution in [2.24, 2.45) is 0 Å². The Morgan fingerprint density at radius 3 is 2.31 bits per heavy atom. The highest BCUT2D eigenvalue weighted by Crippen LogP contribution is 2.22. The SMILES string of the molecule is CC.O.OC(c1ccccc1)c1nccs1. The van der Waals surface area contributed by atoms with Crippen LogP contribution < -0.4 is 0 Å². The van der Waals surface area contributed by atoms with Crippen LogP contribution in [-0.2, 0) is 0 Å². The van der Waals surface area contributed by atoms with E-state index in [-0.39, 0.29) is 5.48 Å². The lowest BCUT2D eigenvalue weighted by atomic mass is 10.1. The van der Waals surface area contributed by atoms with Gasteiger partial charge in [-0.1, -0.05) is 44.2 Å². The van der Waals surface area contributed by atoms with Crippen LogP contribution in [0.3, 0.4) is 0 Å². The molecule has 0 aliphatic carbocycles. The van der Waals surface area contributed by atoms with E-state index in [1.165, 1.54) is 11.3 Å². The smallest absolute Gasteiger partial charge is 0.131 e. The molecule has 1 heterocycles. The van der Waals surface area contributed by atoms with Crippen molar-refractivity contribution in [1.29, 1.82) is 0 Å². The lowest BCUT2D eigenvalue weighted by Crippen LogP contribution is -1.97. The molecule has 3 nitrogen and oxygen atoms in total. The number of nitrogens with zero attached hydrogens (tertiary/aromatic N) is 1. The van der Waals surface area contributed by atoms with Crippen molar-refractivity contribution in [1.82, 2.24) is 4.98 Å². The van der Waals surface area contributed by atoms with Crippen molar-refractivity contribution in [2.45, 2.75) is 20.0 Å². The van der Waals surface area contributed by atoms with Crippen LogP contribution in [0.2, 0.25) is 0 Å². The van der Waals surface area contributed by atoms with E-state index in [1.807, 2.05) is 49.6 Å². The molecule has 0 amide bonds. The molecule has 1 aromatic carbocycles. The Morgan fingerprint density at radius 2 is 1.81 bits per heavy atom. The van der Waals surface area contributed by atoms with Crippen molar-refractivity contribution in [3.63, 3.8) is 0 Å². The van der Waals surface area contributed by atoms with Crippen LogP contribution in [0, 0.1) is 0 Å². The lowest BCUT2D eigenvalue weighted by molar-refractivity contribution is 0.220. The van der Waals surface area contributed by atoms with Crippen LogP contribution in [-0.4, -0.2) is 15.6 Å². The number of benzene rings is 1. The fourth-order valence-electron chi connectivity index (χ4n) is 1.15. The fraction of sp³-hybridized carbons (Fsp3) is 0.250. The Morgan fingerprint density at radius 1 is 1.19 bits per heavy atom. The summed E-state index contributed by atoms with van der Waals surface area (Å²) >= 11 is 1.46. The Bertz CT molecular complexity index is 362. The summed E-state index contributed by atoms with van der Waals surface area (Å²) in [5.74, 6) is 0. The molecule has 4 heteroatoms. The predicted molar refractivity (Wildman–Crippen MR) is 67.6 cm³/mol.